The molecule has 6 nitrogen and oxygen atoms in total. The van der Waals surface area contributed by atoms with Crippen LogP contribution in [0.25, 0.3) is 0 Å². The maximum Gasteiger partial charge on any atom is 0.224 e. The van der Waals surface area contributed by atoms with E-state index in [-0.39, 0.29) is 12.5 Å². The Hall–Kier alpha value is -0.690. The first-order valence-electron chi connectivity index (χ1n) is 6.03. The minimum atomic E-state index is -0.731. The molecule has 0 unspecified atom stereocenters. The number of hydrogen-bond donors (Lipinski definition) is 3. The van der Waals surface area contributed by atoms with Crippen molar-refractivity contribution in [2.45, 2.75) is 50.2 Å². The fourth-order valence-corrected chi connectivity index (χ4v) is 2.37. The molecule has 0 saturated carbocycles. The molecule has 3 N–H and O–H groups in total. The molecule has 0 aromatic rings. The van der Waals surface area contributed by atoms with Gasteiger partial charge in [-0.1, -0.05) is 0 Å². The molecule has 0 bridgehead atoms. The van der Waals surface area contributed by atoms with Gasteiger partial charge in [0.25, 0.3) is 0 Å². The zero-order valence-electron chi connectivity index (χ0n) is 9.66. The van der Waals surface area contributed by atoms with E-state index in [0.717, 1.165) is 0 Å². The summed E-state index contributed by atoms with van der Waals surface area (Å²) < 4.78 is 5.45. The summed E-state index contributed by atoms with van der Waals surface area (Å²) in [6.45, 7) is 0.192. The molecule has 17 heavy (non-hydrogen) atoms. The largest absolute Gasteiger partial charge is 0.394 e. The molecule has 4 atom stereocenters. The van der Waals surface area contributed by atoms with Crippen molar-refractivity contribution < 1.29 is 24.9 Å². The number of ether oxygens (including phenoxy) is 1. The van der Waals surface area contributed by atoms with E-state index < -0.39 is 24.5 Å². The first-order valence-corrected chi connectivity index (χ1v) is 6.03. The summed E-state index contributed by atoms with van der Waals surface area (Å²) in [6.07, 6.45) is -0.608. The molecule has 98 valence electrons. The standard InChI is InChI=1S/C11H19NO5/c13-6-9-8(15)5-11(17-9)12-4-3-7(14)1-2-10(12)16/h7-9,11,13-15H,1-6H2/t7-,8+,9-,11+/m1/s1. The van der Waals surface area contributed by atoms with E-state index in [1.165, 1.54) is 0 Å². The Balaban J connectivity index is 1.99. The monoisotopic (exact) mass is 245 g/mol. The highest BCUT2D eigenvalue weighted by atomic mass is 16.5. The fourth-order valence-electron chi connectivity index (χ4n) is 2.37. The van der Waals surface area contributed by atoms with Crippen LogP contribution in [0.2, 0.25) is 0 Å². The molecular formula is C11H19NO5. The van der Waals surface area contributed by atoms with Crippen LogP contribution in [0, 0.1) is 0 Å². The number of nitrogens with zero attached hydrogens (tertiary/aromatic N) is 1. The molecule has 0 radical (unpaired) electrons. The van der Waals surface area contributed by atoms with Crippen molar-refractivity contribution >= 4 is 5.91 Å². The summed E-state index contributed by atoms with van der Waals surface area (Å²) in [5, 5.41) is 28.1. The van der Waals surface area contributed by atoms with Gasteiger partial charge in [-0.15, -0.1) is 0 Å². The predicted octanol–water partition coefficient (Wildman–Crippen LogP) is -1.17. The van der Waals surface area contributed by atoms with E-state index in [1.54, 1.807) is 4.90 Å². The van der Waals surface area contributed by atoms with Gasteiger partial charge in [0, 0.05) is 19.4 Å². The minimum absolute atomic E-state index is 0.0580. The van der Waals surface area contributed by atoms with E-state index in [0.29, 0.717) is 32.2 Å². The van der Waals surface area contributed by atoms with Crippen molar-refractivity contribution in [1.29, 1.82) is 0 Å². The lowest BCUT2D eigenvalue weighted by Crippen LogP contribution is -2.40. The van der Waals surface area contributed by atoms with E-state index in [9.17, 15) is 15.0 Å². The summed E-state index contributed by atoms with van der Waals surface area (Å²) in [6, 6.07) is 0. The van der Waals surface area contributed by atoms with Gasteiger partial charge in [0.15, 0.2) is 0 Å². The van der Waals surface area contributed by atoms with Crippen LogP contribution in [0.1, 0.15) is 25.7 Å². The molecule has 0 aromatic heterocycles. The van der Waals surface area contributed by atoms with Crippen LogP contribution in [0.15, 0.2) is 0 Å². The third-order valence-electron chi connectivity index (χ3n) is 3.45. The van der Waals surface area contributed by atoms with Crippen molar-refractivity contribution in [2.24, 2.45) is 0 Å². The zero-order valence-corrected chi connectivity index (χ0v) is 9.66. The van der Waals surface area contributed by atoms with E-state index in [1.807, 2.05) is 0 Å². The fraction of sp³-hybridized carbons (Fsp3) is 0.909. The Morgan fingerprint density at radius 2 is 2.12 bits per heavy atom. The summed E-state index contributed by atoms with van der Waals surface area (Å²) in [5.41, 5.74) is 0. The molecule has 2 aliphatic heterocycles. The number of aliphatic hydroxyl groups is 3. The molecule has 1 amide bonds. The van der Waals surface area contributed by atoms with Crippen molar-refractivity contribution in [3.05, 3.63) is 0 Å². The zero-order chi connectivity index (χ0) is 12.4. The van der Waals surface area contributed by atoms with Crippen LogP contribution in [0.3, 0.4) is 0 Å². The quantitative estimate of drug-likeness (QED) is 0.570. The molecule has 2 aliphatic rings. The van der Waals surface area contributed by atoms with Crippen molar-refractivity contribution in [3.63, 3.8) is 0 Å². The van der Waals surface area contributed by atoms with E-state index in [4.69, 9.17) is 9.84 Å². The number of amides is 1. The smallest absolute Gasteiger partial charge is 0.224 e. The second-order valence-corrected chi connectivity index (χ2v) is 4.68. The van der Waals surface area contributed by atoms with Gasteiger partial charge >= 0.3 is 0 Å². The van der Waals surface area contributed by atoms with Crippen LogP contribution in [0.5, 0.6) is 0 Å². The Kier molecular flexibility index (Phi) is 3.98. The number of carbonyl (C=O) groups is 1. The normalized spacial score (nSPS) is 39.5. The molecule has 0 aliphatic carbocycles. The third kappa shape index (κ3) is 2.77. The lowest BCUT2D eigenvalue weighted by atomic mass is 10.2. The maximum atomic E-state index is 11.8. The molecule has 0 aromatic carbocycles. The Bertz CT molecular complexity index is 285. The average molecular weight is 245 g/mol. The molecule has 0 spiro atoms. The Labute approximate surface area is 99.8 Å². The lowest BCUT2D eigenvalue weighted by molar-refractivity contribution is -0.146. The molecule has 2 rings (SSSR count). The third-order valence-corrected chi connectivity index (χ3v) is 3.45. The average Bonchev–Trinajstić information content (AvgIpc) is 2.59. The first kappa shape index (κ1) is 12.8. The molecule has 6 heteroatoms. The molecule has 2 saturated heterocycles. The number of likely N-dealkylation sites (tertiary alicyclic amines) is 1. The first-order chi connectivity index (χ1) is 8.11. The predicted molar refractivity (Wildman–Crippen MR) is 57.9 cm³/mol. The minimum Gasteiger partial charge on any atom is -0.394 e. The number of carbonyl (C=O) groups excluding carboxylic acids is 1. The van der Waals surface area contributed by atoms with Crippen LogP contribution in [-0.2, 0) is 9.53 Å². The number of aliphatic hydroxyl groups excluding tert-OH is 3. The van der Waals surface area contributed by atoms with Crippen LogP contribution in [0.4, 0.5) is 0 Å². The molecule has 2 heterocycles. The highest BCUT2D eigenvalue weighted by molar-refractivity contribution is 5.76. The SMILES string of the molecule is O=C1CC[C@@H](O)CCN1[C@@H]1C[C@H](O)[C@@H](CO)O1. The van der Waals surface area contributed by atoms with E-state index >= 15 is 0 Å². The Morgan fingerprint density at radius 3 is 2.76 bits per heavy atom. The van der Waals surface area contributed by atoms with E-state index in [2.05, 4.69) is 0 Å². The lowest BCUT2D eigenvalue weighted by Gasteiger charge is -2.27. The second-order valence-electron chi connectivity index (χ2n) is 4.68. The van der Waals surface area contributed by atoms with Crippen molar-refractivity contribution in [3.8, 4) is 0 Å². The van der Waals surface area contributed by atoms with Gasteiger partial charge in [-0.2, -0.15) is 0 Å². The van der Waals surface area contributed by atoms with Crippen LogP contribution < -0.4 is 0 Å². The van der Waals surface area contributed by atoms with Crippen molar-refractivity contribution in [1.82, 2.24) is 4.90 Å². The summed E-state index contributed by atoms with van der Waals surface area (Å²) in [4.78, 5) is 13.4. The van der Waals surface area contributed by atoms with Crippen molar-refractivity contribution in [2.75, 3.05) is 13.2 Å². The number of rotatable bonds is 2. The van der Waals surface area contributed by atoms with Gasteiger partial charge in [0.05, 0.1) is 18.8 Å². The summed E-state index contributed by atoms with van der Waals surface area (Å²) >= 11 is 0. The van der Waals surface area contributed by atoms with Gasteiger partial charge in [-0.3, -0.25) is 4.79 Å². The molecule has 2 fully saturated rings. The van der Waals surface area contributed by atoms with Gasteiger partial charge in [-0.25, -0.2) is 0 Å². The number of hydrogen-bond acceptors (Lipinski definition) is 5. The highest BCUT2D eigenvalue weighted by Gasteiger charge is 2.39. The summed E-state index contributed by atoms with van der Waals surface area (Å²) in [7, 11) is 0. The van der Waals surface area contributed by atoms with Gasteiger partial charge in [-0.05, 0) is 12.8 Å². The van der Waals surface area contributed by atoms with Gasteiger partial charge in [0.1, 0.15) is 12.3 Å². The van der Waals surface area contributed by atoms with Gasteiger partial charge in [0.2, 0.25) is 5.91 Å². The van der Waals surface area contributed by atoms with Crippen LogP contribution >= 0.6 is 0 Å². The Morgan fingerprint density at radius 1 is 1.35 bits per heavy atom. The maximum absolute atomic E-state index is 11.8. The molecular weight excluding hydrogens is 226 g/mol. The highest BCUT2D eigenvalue weighted by Crippen LogP contribution is 2.26. The topological polar surface area (TPSA) is 90.2 Å². The van der Waals surface area contributed by atoms with Crippen LogP contribution in [-0.4, -0.2) is 63.8 Å². The van der Waals surface area contributed by atoms with Gasteiger partial charge < -0.3 is 25.0 Å². The summed E-state index contributed by atoms with van der Waals surface area (Å²) in [5.74, 6) is -0.0580. The second kappa shape index (κ2) is 5.30.